The average Bonchev–Trinajstić information content (AvgIpc) is 2.69. The number of benzene rings is 2. The molecule has 0 amide bonds. The number of allylic oxidation sites excluding steroid dienone is 2. The van der Waals surface area contributed by atoms with Gasteiger partial charge in [-0.25, -0.2) is 0 Å². The van der Waals surface area contributed by atoms with Gasteiger partial charge in [-0.3, -0.25) is 0 Å². The van der Waals surface area contributed by atoms with Crippen molar-refractivity contribution in [3.63, 3.8) is 0 Å². The summed E-state index contributed by atoms with van der Waals surface area (Å²) in [5.41, 5.74) is 23.0. The van der Waals surface area contributed by atoms with Crippen molar-refractivity contribution < 1.29 is 4.74 Å². The zero-order valence-corrected chi connectivity index (χ0v) is 16.0. The molecular formula is C22H28N4O. The van der Waals surface area contributed by atoms with Crippen molar-refractivity contribution in [2.75, 3.05) is 12.3 Å². The number of hydrogen-bond donors (Lipinski definition) is 4. The van der Waals surface area contributed by atoms with Crippen LogP contribution in [0.4, 0.5) is 5.69 Å². The number of ether oxygens (including phenoxy) is 1. The number of nitrogen functional groups attached to an aromatic ring is 1. The quantitative estimate of drug-likeness (QED) is 0.563. The van der Waals surface area contributed by atoms with E-state index in [1.165, 1.54) is 5.56 Å². The third-order valence-electron chi connectivity index (χ3n) is 4.80. The number of nitrogens with two attached hydrogens (primary N) is 2. The van der Waals surface area contributed by atoms with Crippen LogP contribution in [0.3, 0.4) is 0 Å². The van der Waals surface area contributed by atoms with Gasteiger partial charge in [0.2, 0.25) is 0 Å². The summed E-state index contributed by atoms with van der Waals surface area (Å²) < 4.78 is 6.21. The molecule has 0 bridgehead atoms. The molecule has 1 unspecified atom stereocenters. The Kier molecular flexibility index (Phi) is 6.04. The molecule has 142 valence electrons. The van der Waals surface area contributed by atoms with E-state index in [0.29, 0.717) is 18.2 Å². The Morgan fingerprint density at radius 2 is 1.89 bits per heavy atom. The van der Waals surface area contributed by atoms with Crippen molar-refractivity contribution in [1.82, 2.24) is 10.9 Å². The van der Waals surface area contributed by atoms with Gasteiger partial charge >= 0.3 is 0 Å². The van der Waals surface area contributed by atoms with Crippen LogP contribution < -0.4 is 27.1 Å². The fourth-order valence-corrected chi connectivity index (χ4v) is 2.97. The molecule has 2 aromatic rings. The minimum absolute atomic E-state index is 0.417. The number of hydrogen-bond acceptors (Lipinski definition) is 5. The van der Waals surface area contributed by atoms with Crippen LogP contribution in [0.2, 0.25) is 0 Å². The Balaban J connectivity index is 1.89. The third-order valence-corrected chi connectivity index (χ3v) is 4.80. The van der Waals surface area contributed by atoms with E-state index in [2.05, 4.69) is 49.0 Å². The lowest BCUT2D eigenvalue weighted by atomic mass is 10.0. The van der Waals surface area contributed by atoms with Crippen LogP contribution in [0.15, 0.2) is 66.2 Å². The molecule has 0 aliphatic carbocycles. The van der Waals surface area contributed by atoms with Gasteiger partial charge < -0.3 is 27.1 Å². The smallest absolute Gasteiger partial charge is 0.146 e. The highest BCUT2D eigenvalue weighted by Gasteiger charge is 2.14. The predicted molar refractivity (Wildman–Crippen MR) is 112 cm³/mol. The molecule has 1 aliphatic rings. The summed E-state index contributed by atoms with van der Waals surface area (Å²) >= 11 is 0. The molecule has 5 heteroatoms. The van der Waals surface area contributed by atoms with Gasteiger partial charge in [0.15, 0.2) is 0 Å². The van der Waals surface area contributed by atoms with Crippen molar-refractivity contribution >= 4 is 5.69 Å². The van der Waals surface area contributed by atoms with E-state index in [0.717, 1.165) is 41.2 Å². The molecule has 2 aromatic carbocycles. The summed E-state index contributed by atoms with van der Waals surface area (Å²) in [4.78, 5) is 0. The molecule has 0 saturated heterocycles. The van der Waals surface area contributed by atoms with E-state index in [1.54, 1.807) is 0 Å². The average molecular weight is 364 g/mol. The zero-order valence-electron chi connectivity index (χ0n) is 16.0. The van der Waals surface area contributed by atoms with Gasteiger partial charge in [0.05, 0.1) is 6.20 Å². The van der Waals surface area contributed by atoms with E-state index in [9.17, 15) is 0 Å². The normalized spacial score (nSPS) is 14.5. The summed E-state index contributed by atoms with van der Waals surface area (Å²) in [5.74, 6) is 1.90. The van der Waals surface area contributed by atoms with Crippen LogP contribution in [0.1, 0.15) is 25.8 Å². The molecule has 0 saturated carbocycles. The van der Waals surface area contributed by atoms with E-state index in [4.69, 9.17) is 16.2 Å². The molecule has 27 heavy (non-hydrogen) atoms. The summed E-state index contributed by atoms with van der Waals surface area (Å²) in [6, 6.07) is 14.2. The molecule has 6 N–H and O–H groups in total. The summed E-state index contributed by atoms with van der Waals surface area (Å²) in [5, 5.41) is 0. The van der Waals surface area contributed by atoms with Crippen LogP contribution in [0, 0.1) is 5.92 Å². The summed E-state index contributed by atoms with van der Waals surface area (Å²) in [6.07, 6.45) is 5.76. The Morgan fingerprint density at radius 1 is 1.11 bits per heavy atom. The predicted octanol–water partition coefficient (Wildman–Crippen LogP) is 3.70. The van der Waals surface area contributed by atoms with Gasteiger partial charge in [-0.15, -0.1) is 0 Å². The summed E-state index contributed by atoms with van der Waals surface area (Å²) in [7, 11) is 0. The van der Waals surface area contributed by atoms with Crippen LogP contribution in [-0.2, 0) is 6.42 Å². The molecule has 0 fully saturated rings. The SMILES string of the molecule is CCC(C)C1=CC(Oc2cc(N)ccc2-c2ccc(CCN)cc2)=CNN1. The first-order valence-corrected chi connectivity index (χ1v) is 9.40. The third kappa shape index (κ3) is 4.63. The van der Waals surface area contributed by atoms with Gasteiger partial charge in [0.25, 0.3) is 0 Å². The first kappa shape index (κ1) is 18.9. The lowest BCUT2D eigenvalue weighted by molar-refractivity contribution is 0.423. The Bertz CT molecular complexity index is 840. The van der Waals surface area contributed by atoms with E-state index >= 15 is 0 Å². The van der Waals surface area contributed by atoms with Gasteiger partial charge in [-0.2, -0.15) is 0 Å². The van der Waals surface area contributed by atoms with Gasteiger partial charge in [0, 0.05) is 29.1 Å². The zero-order chi connectivity index (χ0) is 19.2. The van der Waals surface area contributed by atoms with Crippen LogP contribution in [-0.4, -0.2) is 6.54 Å². The number of rotatable bonds is 7. The van der Waals surface area contributed by atoms with Crippen molar-refractivity contribution in [3.8, 4) is 16.9 Å². The standard InChI is InChI=1S/C22H28N4O/c1-3-15(2)21-13-19(14-25-26-21)27-22-12-18(24)8-9-20(22)17-6-4-16(5-7-17)10-11-23/h4-9,12-15,25-26H,3,10-11,23-24H2,1-2H3. The largest absolute Gasteiger partial charge is 0.455 e. The molecule has 0 aromatic heterocycles. The molecule has 5 nitrogen and oxygen atoms in total. The van der Waals surface area contributed by atoms with Crippen LogP contribution in [0.5, 0.6) is 5.75 Å². The molecule has 1 aliphatic heterocycles. The first-order valence-electron chi connectivity index (χ1n) is 9.40. The topological polar surface area (TPSA) is 85.3 Å². The number of anilines is 1. The first-order chi connectivity index (χ1) is 13.1. The second-order valence-corrected chi connectivity index (χ2v) is 6.82. The maximum atomic E-state index is 6.21. The molecule has 3 rings (SSSR count). The lowest BCUT2D eigenvalue weighted by Crippen LogP contribution is -2.33. The van der Waals surface area contributed by atoms with Crippen LogP contribution >= 0.6 is 0 Å². The molecule has 0 radical (unpaired) electrons. The van der Waals surface area contributed by atoms with Crippen molar-refractivity contribution in [3.05, 3.63) is 71.8 Å². The Labute approximate surface area is 161 Å². The Hall–Kier alpha value is -2.92. The molecular weight excluding hydrogens is 336 g/mol. The molecule has 0 spiro atoms. The fourth-order valence-electron chi connectivity index (χ4n) is 2.97. The van der Waals surface area contributed by atoms with Gasteiger partial charge in [-0.1, -0.05) is 38.1 Å². The minimum atomic E-state index is 0.417. The Morgan fingerprint density at radius 3 is 2.59 bits per heavy atom. The second kappa shape index (κ2) is 8.64. The molecule has 1 atom stereocenters. The van der Waals surface area contributed by atoms with Crippen molar-refractivity contribution in [2.24, 2.45) is 11.7 Å². The highest BCUT2D eigenvalue weighted by Crippen LogP contribution is 2.34. The lowest BCUT2D eigenvalue weighted by Gasteiger charge is -2.22. The molecule has 1 heterocycles. The van der Waals surface area contributed by atoms with E-state index in [-0.39, 0.29) is 0 Å². The van der Waals surface area contributed by atoms with Gasteiger partial charge in [0.1, 0.15) is 11.5 Å². The minimum Gasteiger partial charge on any atom is -0.455 e. The monoisotopic (exact) mass is 364 g/mol. The fraction of sp³-hybridized carbons (Fsp3) is 0.273. The van der Waals surface area contributed by atoms with E-state index in [1.807, 2.05) is 30.5 Å². The highest BCUT2D eigenvalue weighted by molar-refractivity contribution is 5.73. The number of hydrazine groups is 1. The highest BCUT2D eigenvalue weighted by atomic mass is 16.5. The van der Waals surface area contributed by atoms with Gasteiger partial charge in [-0.05, 0) is 48.6 Å². The van der Waals surface area contributed by atoms with Crippen LogP contribution in [0.25, 0.3) is 11.1 Å². The number of nitrogens with one attached hydrogen (secondary N) is 2. The maximum absolute atomic E-state index is 6.21. The van der Waals surface area contributed by atoms with Crippen molar-refractivity contribution in [2.45, 2.75) is 26.7 Å². The second-order valence-electron chi connectivity index (χ2n) is 6.82. The van der Waals surface area contributed by atoms with E-state index < -0.39 is 0 Å². The summed E-state index contributed by atoms with van der Waals surface area (Å²) in [6.45, 7) is 4.99. The maximum Gasteiger partial charge on any atom is 0.146 e. The van der Waals surface area contributed by atoms with Crippen molar-refractivity contribution in [1.29, 1.82) is 0 Å².